The topological polar surface area (TPSA) is 70.6 Å². The van der Waals surface area contributed by atoms with E-state index in [4.69, 9.17) is 4.74 Å². The molecule has 1 unspecified atom stereocenters. The van der Waals surface area contributed by atoms with Crippen LogP contribution in [0.25, 0.3) is 0 Å². The van der Waals surface area contributed by atoms with Crippen LogP contribution in [0.5, 0.6) is 5.75 Å². The molecule has 5 heteroatoms. The van der Waals surface area contributed by atoms with Crippen LogP contribution in [0.1, 0.15) is 25.0 Å². The molecule has 19 heavy (non-hydrogen) atoms. The van der Waals surface area contributed by atoms with E-state index in [-0.39, 0.29) is 5.91 Å². The fraction of sp³-hybridized carbons (Fsp3) is 0.500. The molecule has 0 fully saturated rings. The molecule has 0 aromatic heterocycles. The van der Waals surface area contributed by atoms with Crippen LogP contribution in [-0.4, -0.2) is 37.8 Å². The van der Waals surface area contributed by atoms with Crippen LogP contribution >= 0.6 is 0 Å². The summed E-state index contributed by atoms with van der Waals surface area (Å²) in [5, 5.41) is 15.7. The van der Waals surface area contributed by atoms with Gasteiger partial charge in [-0.15, -0.1) is 0 Å². The summed E-state index contributed by atoms with van der Waals surface area (Å²) in [6.07, 6.45) is -0.163. The fourth-order valence-corrected chi connectivity index (χ4v) is 1.67. The van der Waals surface area contributed by atoms with Crippen molar-refractivity contribution in [2.45, 2.75) is 19.4 Å². The summed E-state index contributed by atoms with van der Waals surface area (Å²) in [6.45, 7) is 3.51. The summed E-state index contributed by atoms with van der Waals surface area (Å²) in [6, 6.07) is 7.28. The number of aliphatic hydroxyl groups excluding tert-OH is 1. The van der Waals surface area contributed by atoms with E-state index >= 15 is 0 Å². The van der Waals surface area contributed by atoms with Gasteiger partial charge in [0.05, 0.1) is 13.2 Å². The predicted octanol–water partition coefficient (Wildman–Crippen LogP) is 0.844. The van der Waals surface area contributed by atoms with E-state index < -0.39 is 6.10 Å². The number of nitrogens with one attached hydrogen (secondary N) is 2. The second kappa shape index (κ2) is 8.50. The predicted molar refractivity (Wildman–Crippen MR) is 74.1 cm³/mol. The van der Waals surface area contributed by atoms with Crippen molar-refractivity contribution < 1.29 is 14.6 Å². The summed E-state index contributed by atoms with van der Waals surface area (Å²) < 4.78 is 5.06. The van der Waals surface area contributed by atoms with Crippen molar-refractivity contribution >= 4 is 5.91 Å². The number of hydrogen-bond acceptors (Lipinski definition) is 4. The van der Waals surface area contributed by atoms with Gasteiger partial charge in [-0.25, -0.2) is 0 Å². The van der Waals surface area contributed by atoms with Crippen LogP contribution in [0.2, 0.25) is 0 Å². The van der Waals surface area contributed by atoms with Crippen LogP contribution in [0.15, 0.2) is 24.3 Å². The van der Waals surface area contributed by atoms with Gasteiger partial charge in [0.15, 0.2) is 0 Å². The minimum Gasteiger partial charge on any atom is -0.497 e. The highest BCUT2D eigenvalue weighted by Gasteiger charge is 2.07. The molecule has 5 nitrogen and oxygen atoms in total. The molecule has 0 saturated heterocycles. The van der Waals surface area contributed by atoms with Crippen LogP contribution in [0.4, 0.5) is 0 Å². The first-order valence-corrected chi connectivity index (χ1v) is 6.46. The fourth-order valence-electron chi connectivity index (χ4n) is 1.67. The van der Waals surface area contributed by atoms with Crippen molar-refractivity contribution in [3.05, 3.63) is 29.8 Å². The monoisotopic (exact) mass is 266 g/mol. The Balaban J connectivity index is 2.26. The van der Waals surface area contributed by atoms with Crippen molar-refractivity contribution in [3.8, 4) is 5.75 Å². The Bertz CT molecular complexity index is 379. The molecular weight excluding hydrogens is 244 g/mol. The average molecular weight is 266 g/mol. The number of aliphatic hydroxyl groups is 1. The Morgan fingerprint density at radius 2 is 2.05 bits per heavy atom. The molecule has 0 aliphatic rings. The maximum Gasteiger partial charge on any atom is 0.221 e. The standard InChI is InChI=1S/C14H22N2O3/c1-3-16-14(18)8-9-15-10-13(17)11-4-6-12(19-2)7-5-11/h4-7,13,15,17H,3,8-10H2,1-2H3,(H,16,18). The van der Waals surface area contributed by atoms with Gasteiger partial charge in [0.25, 0.3) is 0 Å². The van der Waals surface area contributed by atoms with E-state index in [0.29, 0.717) is 26.1 Å². The number of methoxy groups -OCH3 is 1. The van der Waals surface area contributed by atoms with Crippen molar-refractivity contribution in [3.63, 3.8) is 0 Å². The molecule has 1 atom stereocenters. The highest BCUT2D eigenvalue weighted by atomic mass is 16.5. The van der Waals surface area contributed by atoms with Crippen LogP contribution < -0.4 is 15.4 Å². The molecule has 0 saturated carbocycles. The normalized spacial score (nSPS) is 11.9. The maximum atomic E-state index is 11.2. The van der Waals surface area contributed by atoms with Gasteiger partial charge in [-0.05, 0) is 24.6 Å². The zero-order valence-corrected chi connectivity index (χ0v) is 11.5. The molecule has 0 spiro atoms. The van der Waals surface area contributed by atoms with Gasteiger partial charge in [-0.3, -0.25) is 4.79 Å². The van der Waals surface area contributed by atoms with Gasteiger partial charge in [0, 0.05) is 26.1 Å². The minimum atomic E-state index is -0.583. The van der Waals surface area contributed by atoms with Crippen molar-refractivity contribution in [1.82, 2.24) is 10.6 Å². The first-order valence-electron chi connectivity index (χ1n) is 6.46. The van der Waals surface area contributed by atoms with Crippen molar-refractivity contribution in [1.29, 1.82) is 0 Å². The molecule has 1 amide bonds. The van der Waals surface area contributed by atoms with Gasteiger partial charge < -0.3 is 20.5 Å². The van der Waals surface area contributed by atoms with E-state index in [0.717, 1.165) is 11.3 Å². The number of ether oxygens (including phenoxy) is 1. The third-order valence-corrected chi connectivity index (χ3v) is 2.74. The molecule has 0 heterocycles. The lowest BCUT2D eigenvalue weighted by Gasteiger charge is -2.12. The molecule has 1 aromatic carbocycles. The van der Waals surface area contributed by atoms with Crippen LogP contribution in [0, 0.1) is 0 Å². The lowest BCUT2D eigenvalue weighted by Crippen LogP contribution is -2.29. The van der Waals surface area contributed by atoms with E-state index in [2.05, 4.69) is 10.6 Å². The molecule has 3 N–H and O–H groups in total. The number of carbonyl (C=O) groups excluding carboxylic acids is 1. The molecule has 0 radical (unpaired) electrons. The Morgan fingerprint density at radius 3 is 2.63 bits per heavy atom. The molecular formula is C14H22N2O3. The van der Waals surface area contributed by atoms with Gasteiger partial charge in [0.1, 0.15) is 5.75 Å². The highest BCUT2D eigenvalue weighted by Crippen LogP contribution is 2.16. The van der Waals surface area contributed by atoms with Crippen molar-refractivity contribution in [2.75, 3.05) is 26.7 Å². The highest BCUT2D eigenvalue weighted by molar-refractivity contribution is 5.75. The maximum absolute atomic E-state index is 11.2. The lowest BCUT2D eigenvalue weighted by atomic mass is 10.1. The lowest BCUT2D eigenvalue weighted by molar-refractivity contribution is -0.120. The summed E-state index contributed by atoms with van der Waals surface area (Å²) >= 11 is 0. The number of carbonyl (C=O) groups is 1. The summed E-state index contributed by atoms with van der Waals surface area (Å²) in [7, 11) is 1.61. The molecule has 1 aromatic rings. The van der Waals surface area contributed by atoms with Crippen LogP contribution in [0.3, 0.4) is 0 Å². The Morgan fingerprint density at radius 1 is 1.37 bits per heavy atom. The third kappa shape index (κ3) is 5.72. The smallest absolute Gasteiger partial charge is 0.221 e. The SMILES string of the molecule is CCNC(=O)CCNCC(O)c1ccc(OC)cc1. The Kier molecular flexibility index (Phi) is 6.92. The van der Waals surface area contributed by atoms with Gasteiger partial charge in [0.2, 0.25) is 5.91 Å². The number of amides is 1. The number of rotatable bonds is 8. The molecule has 0 aliphatic carbocycles. The quantitative estimate of drug-likeness (QED) is 0.610. The van der Waals surface area contributed by atoms with E-state index in [1.165, 1.54) is 0 Å². The summed E-state index contributed by atoms with van der Waals surface area (Å²) in [5.74, 6) is 0.786. The summed E-state index contributed by atoms with van der Waals surface area (Å²) in [5.41, 5.74) is 0.825. The zero-order chi connectivity index (χ0) is 14.1. The first kappa shape index (κ1) is 15.5. The Labute approximate surface area is 114 Å². The summed E-state index contributed by atoms with van der Waals surface area (Å²) in [4.78, 5) is 11.2. The van der Waals surface area contributed by atoms with Gasteiger partial charge in [-0.2, -0.15) is 0 Å². The number of hydrogen-bond donors (Lipinski definition) is 3. The molecule has 106 valence electrons. The van der Waals surface area contributed by atoms with E-state index in [1.807, 2.05) is 31.2 Å². The van der Waals surface area contributed by atoms with E-state index in [9.17, 15) is 9.90 Å². The minimum absolute atomic E-state index is 0.0222. The second-order valence-corrected chi connectivity index (χ2v) is 4.20. The average Bonchev–Trinajstić information content (AvgIpc) is 2.44. The molecule has 1 rings (SSSR count). The molecule has 0 bridgehead atoms. The zero-order valence-electron chi connectivity index (χ0n) is 11.5. The van der Waals surface area contributed by atoms with Crippen LogP contribution in [-0.2, 0) is 4.79 Å². The third-order valence-electron chi connectivity index (χ3n) is 2.74. The number of benzene rings is 1. The largest absolute Gasteiger partial charge is 0.497 e. The second-order valence-electron chi connectivity index (χ2n) is 4.20. The Hall–Kier alpha value is -1.59. The van der Waals surface area contributed by atoms with E-state index in [1.54, 1.807) is 7.11 Å². The van der Waals surface area contributed by atoms with Gasteiger partial charge >= 0.3 is 0 Å². The van der Waals surface area contributed by atoms with Crippen molar-refractivity contribution in [2.24, 2.45) is 0 Å². The molecule has 0 aliphatic heterocycles. The first-order chi connectivity index (χ1) is 9.17. The van der Waals surface area contributed by atoms with Gasteiger partial charge in [-0.1, -0.05) is 12.1 Å².